The van der Waals surface area contributed by atoms with Gasteiger partial charge in [-0.1, -0.05) is 27.2 Å². The topological polar surface area (TPSA) is 28.2 Å². The SMILES string of the molecule is CCCc1nc(CCN2CCCC2)sc1CNC(C)C. The molecule has 2 heterocycles. The zero-order valence-electron chi connectivity index (χ0n) is 13.2. The van der Waals surface area contributed by atoms with Crippen LogP contribution in [0.15, 0.2) is 0 Å². The minimum absolute atomic E-state index is 0.541. The van der Waals surface area contributed by atoms with E-state index in [0.29, 0.717) is 6.04 Å². The summed E-state index contributed by atoms with van der Waals surface area (Å²) >= 11 is 1.92. The van der Waals surface area contributed by atoms with Crippen LogP contribution in [0.5, 0.6) is 0 Å². The summed E-state index contributed by atoms with van der Waals surface area (Å²) in [6.45, 7) is 11.4. The Labute approximate surface area is 127 Å². The number of hydrogen-bond acceptors (Lipinski definition) is 4. The molecule has 114 valence electrons. The van der Waals surface area contributed by atoms with Crippen LogP contribution >= 0.6 is 11.3 Å². The number of thiazole rings is 1. The second kappa shape index (κ2) is 8.11. The Kier molecular flexibility index (Phi) is 6.46. The lowest BCUT2D eigenvalue weighted by atomic mass is 10.2. The van der Waals surface area contributed by atoms with Gasteiger partial charge in [0, 0.05) is 30.4 Å². The molecule has 0 saturated carbocycles. The van der Waals surface area contributed by atoms with Crippen molar-refractivity contribution in [2.45, 2.75) is 65.5 Å². The van der Waals surface area contributed by atoms with E-state index in [9.17, 15) is 0 Å². The van der Waals surface area contributed by atoms with Crippen molar-refractivity contribution < 1.29 is 0 Å². The first-order chi connectivity index (χ1) is 9.69. The minimum atomic E-state index is 0.541. The van der Waals surface area contributed by atoms with E-state index in [4.69, 9.17) is 4.98 Å². The number of likely N-dealkylation sites (tertiary alicyclic amines) is 1. The number of aromatic nitrogens is 1. The molecule has 0 bridgehead atoms. The Morgan fingerprint density at radius 2 is 2.00 bits per heavy atom. The van der Waals surface area contributed by atoms with Gasteiger partial charge in [-0.2, -0.15) is 0 Å². The molecule has 4 heteroatoms. The first kappa shape index (κ1) is 15.9. The van der Waals surface area contributed by atoms with Crippen molar-refractivity contribution in [3.63, 3.8) is 0 Å². The minimum Gasteiger partial charge on any atom is -0.310 e. The van der Waals surface area contributed by atoms with E-state index in [-0.39, 0.29) is 0 Å². The monoisotopic (exact) mass is 295 g/mol. The lowest BCUT2D eigenvalue weighted by molar-refractivity contribution is 0.343. The van der Waals surface area contributed by atoms with Gasteiger partial charge in [0.25, 0.3) is 0 Å². The highest BCUT2D eigenvalue weighted by atomic mass is 32.1. The van der Waals surface area contributed by atoms with E-state index in [1.165, 1.54) is 54.5 Å². The molecule has 0 radical (unpaired) electrons. The Morgan fingerprint density at radius 3 is 2.65 bits per heavy atom. The largest absolute Gasteiger partial charge is 0.310 e. The zero-order chi connectivity index (χ0) is 14.4. The quantitative estimate of drug-likeness (QED) is 0.798. The lowest BCUT2D eigenvalue weighted by Crippen LogP contribution is -2.21. The van der Waals surface area contributed by atoms with Crippen molar-refractivity contribution in [3.8, 4) is 0 Å². The summed E-state index contributed by atoms with van der Waals surface area (Å²) < 4.78 is 0. The van der Waals surface area contributed by atoms with Gasteiger partial charge in [-0.3, -0.25) is 0 Å². The summed E-state index contributed by atoms with van der Waals surface area (Å²) in [7, 11) is 0. The van der Waals surface area contributed by atoms with Crippen LogP contribution in [0.1, 0.15) is 55.6 Å². The second-order valence-electron chi connectivity index (χ2n) is 6.06. The standard InChI is InChI=1S/C16H29N3S/c1-4-7-14-15(12-17-13(2)3)20-16(18-14)8-11-19-9-5-6-10-19/h13,17H,4-12H2,1-3H3. The summed E-state index contributed by atoms with van der Waals surface area (Å²) in [5, 5.41) is 4.87. The number of aryl methyl sites for hydroxylation is 1. The summed E-state index contributed by atoms with van der Waals surface area (Å²) in [5.41, 5.74) is 1.34. The third-order valence-corrected chi connectivity index (χ3v) is 4.98. The molecule has 0 unspecified atom stereocenters. The Bertz CT molecular complexity index is 394. The highest BCUT2D eigenvalue weighted by Crippen LogP contribution is 2.21. The zero-order valence-corrected chi connectivity index (χ0v) is 14.1. The van der Waals surface area contributed by atoms with Crippen LogP contribution in [0, 0.1) is 0 Å². The molecule has 0 atom stereocenters. The van der Waals surface area contributed by atoms with Crippen molar-refractivity contribution >= 4 is 11.3 Å². The molecule has 3 nitrogen and oxygen atoms in total. The average Bonchev–Trinajstić information content (AvgIpc) is 3.04. The fourth-order valence-corrected chi connectivity index (χ4v) is 3.73. The molecule has 1 aliphatic rings. The summed E-state index contributed by atoms with van der Waals surface area (Å²) in [4.78, 5) is 8.92. The maximum absolute atomic E-state index is 4.89. The molecule has 1 saturated heterocycles. The maximum Gasteiger partial charge on any atom is 0.0944 e. The predicted octanol–water partition coefficient (Wildman–Crippen LogP) is 3.23. The highest BCUT2D eigenvalue weighted by Gasteiger charge is 2.14. The number of nitrogens with zero attached hydrogens (tertiary/aromatic N) is 2. The van der Waals surface area contributed by atoms with Crippen LogP contribution in [0.3, 0.4) is 0 Å². The van der Waals surface area contributed by atoms with E-state index in [2.05, 4.69) is 31.0 Å². The van der Waals surface area contributed by atoms with E-state index in [1.54, 1.807) is 0 Å². The van der Waals surface area contributed by atoms with Crippen LogP contribution < -0.4 is 5.32 Å². The third-order valence-electron chi connectivity index (χ3n) is 3.82. The van der Waals surface area contributed by atoms with Gasteiger partial charge in [-0.05, 0) is 32.4 Å². The first-order valence-corrected chi connectivity index (χ1v) is 8.94. The number of nitrogens with one attached hydrogen (secondary N) is 1. The van der Waals surface area contributed by atoms with Crippen molar-refractivity contribution in [2.75, 3.05) is 19.6 Å². The Balaban J connectivity index is 1.92. The van der Waals surface area contributed by atoms with Gasteiger partial charge in [-0.25, -0.2) is 4.98 Å². The van der Waals surface area contributed by atoms with Gasteiger partial charge in [0.05, 0.1) is 10.7 Å². The van der Waals surface area contributed by atoms with Crippen LogP contribution in [0.2, 0.25) is 0 Å². The normalized spacial score (nSPS) is 16.4. The van der Waals surface area contributed by atoms with Crippen molar-refractivity contribution in [1.82, 2.24) is 15.2 Å². The first-order valence-electron chi connectivity index (χ1n) is 8.12. The Morgan fingerprint density at radius 1 is 1.25 bits per heavy atom. The molecule has 1 aromatic rings. The van der Waals surface area contributed by atoms with Crippen LogP contribution in [-0.2, 0) is 19.4 Å². The van der Waals surface area contributed by atoms with Gasteiger partial charge in [-0.15, -0.1) is 11.3 Å². The van der Waals surface area contributed by atoms with Crippen molar-refractivity contribution in [1.29, 1.82) is 0 Å². The van der Waals surface area contributed by atoms with Gasteiger partial charge in [0.15, 0.2) is 0 Å². The number of hydrogen-bond donors (Lipinski definition) is 1. The third kappa shape index (κ3) is 4.83. The molecule has 1 aliphatic heterocycles. The van der Waals surface area contributed by atoms with Gasteiger partial charge < -0.3 is 10.2 Å². The van der Waals surface area contributed by atoms with E-state index >= 15 is 0 Å². The molecule has 0 spiro atoms. The van der Waals surface area contributed by atoms with Crippen LogP contribution in [-0.4, -0.2) is 35.6 Å². The molecule has 0 amide bonds. The van der Waals surface area contributed by atoms with Crippen LogP contribution in [0.25, 0.3) is 0 Å². The molecule has 0 aromatic carbocycles. The second-order valence-corrected chi connectivity index (χ2v) is 7.23. The van der Waals surface area contributed by atoms with E-state index in [0.717, 1.165) is 19.4 Å². The molecular formula is C16H29N3S. The maximum atomic E-state index is 4.89. The molecule has 1 fully saturated rings. The molecule has 20 heavy (non-hydrogen) atoms. The number of rotatable bonds is 8. The fraction of sp³-hybridized carbons (Fsp3) is 0.812. The van der Waals surface area contributed by atoms with Crippen LogP contribution in [0.4, 0.5) is 0 Å². The molecule has 1 N–H and O–H groups in total. The molecule has 2 rings (SSSR count). The predicted molar refractivity (Wildman–Crippen MR) is 87.5 cm³/mol. The molecule has 1 aromatic heterocycles. The molecule has 0 aliphatic carbocycles. The van der Waals surface area contributed by atoms with E-state index in [1.807, 2.05) is 11.3 Å². The summed E-state index contributed by atoms with van der Waals surface area (Å²) in [5.74, 6) is 0. The summed E-state index contributed by atoms with van der Waals surface area (Å²) in [6, 6.07) is 0.541. The highest BCUT2D eigenvalue weighted by molar-refractivity contribution is 7.11. The average molecular weight is 295 g/mol. The summed E-state index contributed by atoms with van der Waals surface area (Å²) in [6.07, 6.45) is 6.19. The molecular weight excluding hydrogens is 266 g/mol. The van der Waals surface area contributed by atoms with Gasteiger partial charge >= 0.3 is 0 Å². The van der Waals surface area contributed by atoms with Crippen molar-refractivity contribution in [2.24, 2.45) is 0 Å². The van der Waals surface area contributed by atoms with Gasteiger partial charge in [0.2, 0.25) is 0 Å². The Hall–Kier alpha value is -0.450. The van der Waals surface area contributed by atoms with Gasteiger partial charge in [0.1, 0.15) is 0 Å². The van der Waals surface area contributed by atoms with Crippen molar-refractivity contribution in [3.05, 3.63) is 15.6 Å². The lowest BCUT2D eigenvalue weighted by Gasteiger charge is -2.12. The fourth-order valence-electron chi connectivity index (χ4n) is 2.67. The van der Waals surface area contributed by atoms with E-state index < -0.39 is 0 Å². The smallest absolute Gasteiger partial charge is 0.0944 e.